The highest BCUT2D eigenvalue weighted by molar-refractivity contribution is 7.99. The highest BCUT2D eigenvalue weighted by Crippen LogP contribution is 2.35. The van der Waals surface area contributed by atoms with Crippen molar-refractivity contribution in [1.82, 2.24) is 0 Å². The summed E-state index contributed by atoms with van der Waals surface area (Å²) in [6.45, 7) is 0.303. The molecule has 0 saturated carbocycles. The molecule has 1 aromatic carbocycles. The summed E-state index contributed by atoms with van der Waals surface area (Å²) in [6.07, 6.45) is 1.51. The van der Waals surface area contributed by atoms with Gasteiger partial charge in [0.15, 0.2) is 11.5 Å². The van der Waals surface area contributed by atoms with Crippen LogP contribution in [-0.4, -0.2) is 18.8 Å². The van der Waals surface area contributed by atoms with E-state index in [2.05, 4.69) is 0 Å². The van der Waals surface area contributed by atoms with Crippen molar-refractivity contribution < 1.29 is 14.3 Å². The maximum atomic E-state index is 10.1. The molecule has 1 aliphatic rings. The summed E-state index contributed by atoms with van der Waals surface area (Å²) in [5, 5.41) is 0. The molecule has 0 unspecified atom stereocenters. The average molecular weight is 210 g/mol. The van der Waals surface area contributed by atoms with Crippen molar-refractivity contribution in [2.45, 2.75) is 11.3 Å². The van der Waals surface area contributed by atoms with Gasteiger partial charge in [-0.05, 0) is 18.2 Å². The van der Waals surface area contributed by atoms with Crippen LogP contribution < -0.4 is 9.47 Å². The predicted octanol–water partition coefficient (Wildman–Crippen LogP) is 2.10. The summed E-state index contributed by atoms with van der Waals surface area (Å²) in [5.41, 5.74) is 0. The Labute approximate surface area is 86.4 Å². The monoisotopic (exact) mass is 210 g/mol. The number of benzene rings is 1. The maximum Gasteiger partial charge on any atom is 0.231 e. The molecule has 0 atom stereocenters. The van der Waals surface area contributed by atoms with E-state index in [1.165, 1.54) is 0 Å². The minimum Gasteiger partial charge on any atom is -0.454 e. The number of thioether (sulfide) groups is 1. The Morgan fingerprint density at radius 1 is 1.36 bits per heavy atom. The summed E-state index contributed by atoms with van der Waals surface area (Å²) < 4.78 is 10.4. The third-order valence-electron chi connectivity index (χ3n) is 1.85. The number of rotatable bonds is 4. The van der Waals surface area contributed by atoms with Crippen LogP contribution in [0.2, 0.25) is 0 Å². The number of hydrogen-bond acceptors (Lipinski definition) is 4. The molecular weight excluding hydrogens is 200 g/mol. The van der Waals surface area contributed by atoms with E-state index in [9.17, 15) is 4.79 Å². The van der Waals surface area contributed by atoms with E-state index < -0.39 is 0 Å². The molecule has 0 radical (unpaired) electrons. The smallest absolute Gasteiger partial charge is 0.231 e. The van der Waals surface area contributed by atoms with Crippen molar-refractivity contribution in [1.29, 1.82) is 0 Å². The van der Waals surface area contributed by atoms with Crippen LogP contribution in [0.1, 0.15) is 6.42 Å². The molecule has 0 spiro atoms. The van der Waals surface area contributed by atoms with Gasteiger partial charge in [0.05, 0.1) is 0 Å². The Morgan fingerprint density at radius 2 is 2.21 bits per heavy atom. The SMILES string of the molecule is O=CCCSc1ccc2c(c1)OCO2. The molecule has 0 aromatic heterocycles. The molecule has 14 heavy (non-hydrogen) atoms. The Bertz CT molecular complexity index is 338. The summed E-state index contributed by atoms with van der Waals surface area (Å²) in [7, 11) is 0. The minimum atomic E-state index is 0.303. The fourth-order valence-electron chi connectivity index (χ4n) is 1.19. The molecule has 1 aromatic rings. The molecule has 0 saturated heterocycles. The maximum absolute atomic E-state index is 10.1. The lowest BCUT2D eigenvalue weighted by Crippen LogP contribution is -1.92. The van der Waals surface area contributed by atoms with Crippen molar-refractivity contribution in [3.05, 3.63) is 18.2 Å². The normalized spacial score (nSPS) is 12.9. The molecule has 1 aliphatic heterocycles. The number of carbonyl (C=O) groups excluding carboxylic acids is 1. The Balaban J connectivity index is 2.01. The quantitative estimate of drug-likeness (QED) is 0.433. The average Bonchev–Trinajstić information content (AvgIpc) is 2.65. The summed E-state index contributed by atoms with van der Waals surface area (Å²) in [6, 6.07) is 5.81. The first-order valence-corrected chi connectivity index (χ1v) is 5.35. The summed E-state index contributed by atoms with van der Waals surface area (Å²) >= 11 is 1.64. The molecular formula is C10H10O3S. The highest BCUT2D eigenvalue weighted by atomic mass is 32.2. The molecule has 0 bridgehead atoms. The largest absolute Gasteiger partial charge is 0.454 e. The molecule has 3 nitrogen and oxygen atoms in total. The van der Waals surface area contributed by atoms with Crippen LogP contribution in [0.15, 0.2) is 23.1 Å². The topological polar surface area (TPSA) is 35.5 Å². The van der Waals surface area contributed by atoms with Crippen molar-refractivity contribution in [3.8, 4) is 11.5 Å². The molecule has 74 valence electrons. The number of ether oxygens (including phenoxy) is 2. The minimum absolute atomic E-state index is 0.303. The second-order valence-corrected chi connectivity index (χ2v) is 3.99. The molecule has 1 heterocycles. The van der Waals surface area contributed by atoms with Gasteiger partial charge >= 0.3 is 0 Å². The van der Waals surface area contributed by atoms with Gasteiger partial charge in [-0.1, -0.05) is 0 Å². The number of hydrogen-bond donors (Lipinski definition) is 0. The first-order valence-electron chi connectivity index (χ1n) is 4.36. The van der Waals surface area contributed by atoms with Gasteiger partial charge in [-0.3, -0.25) is 0 Å². The van der Waals surface area contributed by atoms with Gasteiger partial charge < -0.3 is 14.3 Å². The van der Waals surface area contributed by atoms with Gasteiger partial charge in [-0.2, -0.15) is 0 Å². The summed E-state index contributed by atoms with van der Waals surface area (Å²) in [4.78, 5) is 11.2. The van der Waals surface area contributed by atoms with Crippen LogP contribution in [0.25, 0.3) is 0 Å². The third-order valence-corrected chi connectivity index (χ3v) is 2.88. The van der Waals surface area contributed by atoms with E-state index >= 15 is 0 Å². The first-order chi connectivity index (χ1) is 6.90. The van der Waals surface area contributed by atoms with Gasteiger partial charge in [-0.25, -0.2) is 0 Å². The van der Waals surface area contributed by atoms with E-state index in [0.29, 0.717) is 13.2 Å². The van der Waals surface area contributed by atoms with E-state index in [1.807, 2.05) is 18.2 Å². The zero-order valence-corrected chi connectivity index (χ0v) is 8.38. The lowest BCUT2D eigenvalue weighted by atomic mass is 10.3. The van der Waals surface area contributed by atoms with Crippen molar-refractivity contribution >= 4 is 18.0 Å². The lowest BCUT2D eigenvalue weighted by molar-refractivity contribution is -0.107. The van der Waals surface area contributed by atoms with Gasteiger partial charge in [0.1, 0.15) is 6.29 Å². The van der Waals surface area contributed by atoms with Crippen LogP contribution in [0.5, 0.6) is 11.5 Å². The van der Waals surface area contributed by atoms with Gasteiger partial charge in [0.2, 0.25) is 6.79 Å². The molecule has 4 heteroatoms. The van der Waals surface area contributed by atoms with Crippen molar-refractivity contribution in [2.24, 2.45) is 0 Å². The van der Waals surface area contributed by atoms with E-state index in [-0.39, 0.29) is 0 Å². The zero-order valence-electron chi connectivity index (χ0n) is 7.56. The lowest BCUT2D eigenvalue weighted by Gasteiger charge is -2.00. The predicted molar refractivity (Wildman–Crippen MR) is 54.0 cm³/mol. The molecule has 0 fully saturated rings. The fourth-order valence-corrected chi connectivity index (χ4v) is 2.00. The standard InChI is InChI=1S/C10H10O3S/c11-4-1-5-14-8-2-3-9-10(6-8)13-7-12-9/h2-4,6H,1,5,7H2. The Kier molecular flexibility index (Phi) is 2.93. The first kappa shape index (κ1) is 9.40. The van der Waals surface area contributed by atoms with Crippen LogP contribution in [-0.2, 0) is 4.79 Å². The van der Waals surface area contributed by atoms with E-state index in [0.717, 1.165) is 28.4 Å². The van der Waals surface area contributed by atoms with Crippen molar-refractivity contribution in [3.63, 3.8) is 0 Å². The molecule has 0 N–H and O–H groups in total. The third kappa shape index (κ3) is 2.01. The second-order valence-electron chi connectivity index (χ2n) is 2.82. The number of aldehydes is 1. The Hall–Kier alpha value is -1.16. The summed E-state index contributed by atoms with van der Waals surface area (Å²) in [5.74, 6) is 2.40. The second kappa shape index (κ2) is 4.37. The van der Waals surface area contributed by atoms with Crippen LogP contribution in [0.4, 0.5) is 0 Å². The van der Waals surface area contributed by atoms with Crippen LogP contribution in [0.3, 0.4) is 0 Å². The van der Waals surface area contributed by atoms with Crippen molar-refractivity contribution in [2.75, 3.05) is 12.5 Å². The molecule has 0 aliphatic carbocycles. The number of carbonyl (C=O) groups is 1. The van der Waals surface area contributed by atoms with E-state index in [1.54, 1.807) is 11.8 Å². The van der Waals surface area contributed by atoms with Crippen LogP contribution in [0, 0.1) is 0 Å². The van der Waals surface area contributed by atoms with Gasteiger partial charge in [-0.15, -0.1) is 11.8 Å². The van der Waals surface area contributed by atoms with Crippen LogP contribution >= 0.6 is 11.8 Å². The Morgan fingerprint density at radius 3 is 3.07 bits per heavy atom. The van der Waals surface area contributed by atoms with E-state index in [4.69, 9.17) is 9.47 Å². The fraction of sp³-hybridized carbons (Fsp3) is 0.300. The van der Waals surface area contributed by atoms with Gasteiger partial charge in [0.25, 0.3) is 0 Å². The van der Waals surface area contributed by atoms with Gasteiger partial charge in [0, 0.05) is 17.1 Å². The highest BCUT2D eigenvalue weighted by Gasteiger charge is 2.12. The molecule has 2 rings (SSSR count). The molecule has 0 amide bonds. The number of fused-ring (bicyclic) bond motifs is 1. The zero-order chi connectivity index (χ0) is 9.80.